The predicted molar refractivity (Wildman–Crippen MR) is 79.5 cm³/mol. The molecule has 1 amide bonds. The van der Waals surface area contributed by atoms with Gasteiger partial charge >= 0.3 is 0 Å². The fourth-order valence-electron chi connectivity index (χ4n) is 1.85. The molecule has 0 fully saturated rings. The number of carbonyl (C=O) groups is 1. The lowest BCUT2D eigenvalue weighted by atomic mass is 10.1. The standard InChI is InChI=1S/C17H17F2NO2/c1-11-3-5-13(6-4-11)10-20-17(21)12(2)22-14-7-8-15(18)16(19)9-14/h3-9,12H,10H2,1-2H3,(H,20,21)/t12-/m0/s1. The highest BCUT2D eigenvalue weighted by atomic mass is 19.2. The van der Waals surface area contributed by atoms with E-state index in [9.17, 15) is 13.6 Å². The zero-order valence-electron chi connectivity index (χ0n) is 12.4. The van der Waals surface area contributed by atoms with Crippen LogP contribution in [0.15, 0.2) is 42.5 Å². The third-order valence-corrected chi connectivity index (χ3v) is 3.16. The Labute approximate surface area is 127 Å². The van der Waals surface area contributed by atoms with Gasteiger partial charge in [-0.05, 0) is 31.5 Å². The van der Waals surface area contributed by atoms with E-state index in [1.807, 2.05) is 31.2 Å². The molecule has 0 spiro atoms. The van der Waals surface area contributed by atoms with E-state index in [1.54, 1.807) is 6.92 Å². The van der Waals surface area contributed by atoms with Gasteiger partial charge in [0, 0.05) is 12.6 Å². The van der Waals surface area contributed by atoms with Crippen molar-refractivity contribution in [2.24, 2.45) is 0 Å². The first kappa shape index (κ1) is 15.9. The molecule has 0 saturated carbocycles. The van der Waals surface area contributed by atoms with Crippen LogP contribution in [-0.4, -0.2) is 12.0 Å². The van der Waals surface area contributed by atoms with Crippen molar-refractivity contribution in [2.45, 2.75) is 26.5 Å². The van der Waals surface area contributed by atoms with Gasteiger partial charge in [0.15, 0.2) is 17.7 Å². The molecule has 5 heteroatoms. The summed E-state index contributed by atoms with van der Waals surface area (Å²) in [5, 5.41) is 2.73. The van der Waals surface area contributed by atoms with E-state index in [4.69, 9.17) is 4.74 Å². The number of amides is 1. The molecule has 0 heterocycles. The molecule has 22 heavy (non-hydrogen) atoms. The molecule has 0 aliphatic carbocycles. The number of hydrogen-bond acceptors (Lipinski definition) is 2. The van der Waals surface area contributed by atoms with Gasteiger partial charge in [0.25, 0.3) is 5.91 Å². The van der Waals surface area contributed by atoms with Crippen LogP contribution in [0.4, 0.5) is 8.78 Å². The fourth-order valence-corrected chi connectivity index (χ4v) is 1.85. The second-order valence-corrected chi connectivity index (χ2v) is 5.04. The van der Waals surface area contributed by atoms with E-state index >= 15 is 0 Å². The summed E-state index contributed by atoms with van der Waals surface area (Å²) in [6.45, 7) is 3.91. The predicted octanol–water partition coefficient (Wildman–Crippen LogP) is 3.36. The van der Waals surface area contributed by atoms with Crippen molar-refractivity contribution >= 4 is 5.91 Å². The summed E-state index contributed by atoms with van der Waals surface area (Å²) >= 11 is 0. The van der Waals surface area contributed by atoms with Crippen molar-refractivity contribution in [3.63, 3.8) is 0 Å². The topological polar surface area (TPSA) is 38.3 Å². The Hall–Kier alpha value is -2.43. The number of halogens is 2. The quantitative estimate of drug-likeness (QED) is 0.920. The first-order valence-electron chi connectivity index (χ1n) is 6.90. The lowest BCUT2D eigenvalue weighted by molar-refractivity contribution is -0.127. The van der Waals surface area contributed by atoms with Gasteiger partial charge in [0.05, 0.1) is 0 Å². The highest BCUT2D eigenvalue weighted by Gasteiger charge is 2.15. The highest BCUT2D eigenvalue weighted by molar-refractivity contribution is 5.80. The maximum Gasteiger partial charge on any atom is 0.261 e. The van der Waals surface area contributed by atoms with Crippen molar-refractivity contribution in [3.05, 3.63) is 65.2 Å². The Bertz CT molecular complexity index is 656. The number of benzene rings is 2. The highest BCUT2D eigenvalue weighted by Crippen LogP contribution is 2.16. The summed E-state index contributed by atoms with van der Waals surface area (Å²) in [5.74, 6) is -2.18. The molecule has 2 aromatic rings. The maximum absolute atomic E-state index is 13.1. The van der Waals surface area contributed by atoms with Crippen molar-refractivity contribution in [3.8, 4) is 5.75 Å². The number of aryl methyl sites for hydroxylation is 1. The van der Waals surface area contributed by atoms with Gasteiger partial charge in [-0.3, -0.25) is 4.79 Å². The van der Waals surface area contributed by atoms with Gasteiger partial charge in [0.1, 0.15) is 5.75 Å². The normalized spacial score (nSPS) is 11.8. The van der Waals surface area contributed by atoms with Crippen molar-refractivity contribution in [2.75, 3.05) is 0 Å². The molecule has 0 unspecified atom stereocenters. The molecule has 3 nitrogen and oxygen atoms in total. The smallest absolute Gasteiger partial charge is 0.261 e. The van der Waals surface area contributed by atoms with E-state index in [0.717, 1.165) is 23.3 Å². The summed E-state index contributed by atoms with van der Waals surface area (Å²) in [6.07, 6.45) is -0.810. The molecular weight excluding hydrogens is 288 g/mol. The number of rotatable bonds is 5. The average Bonchev–Trinajstić information content (AvgIpc) is 2.50. The molecule has 116 valence electrons. The Balaban J connectivity index is 1.88. The largest absolute Gasteiger partial charge is 0.481 e. The SMILES string of the molecule is Cc1ccc(CNC(=O)[C@H](C)Oc2ccc(F)c(F)c2)cc1. The van der Waals surface area contributed by atoms with E-state index in [1.165, 1.54) is 6.07 Å². The van der Waals surface area contributed by atoms with Crippen LogP contribution in [0.1, 0.15) is 18.1 Å². The summed E-state index contributed by atoms with van der Waals surface area (Å²) in [6, 6.07) is 10.9. The molecule has 0 aromatic heterocycles. The van der Waals surface area contributed by atoms with Crippen molar-refractivity contribution < 1.29 is 18.3 Å². The molecule has 0 bridgehead atoms. The molecule has 2 rings (SSSR count). The van der Waals surface area contributed by atoms with Gasteiger partial charge in [0.2, 0.25) is 0 Å². The monoisotopic (exact) mass is 305 g/mol. The van der Waals surface area contributed by atoms with Crippen LogP contribution in [0.2, 0.25) is 0 Å². The molecule has 0 aliphatic heterocycles. The minimum Gasteiger partial charge on any atom is -0.481 e. The fraction of sp³-hybridized carbons (Fsp3) is 0.235. The van der Waals surface area contributed by atoms with Crippen molar-refractivity contribution in [1.29, 1.82) is 0 Å². The van der Waals surface area contributed by atoms with E-state index < -0.39 is 17.7 Å². The molecule has 0 aliphatic rings. The summed E-state index contributed by atoms with van der Waals surface area (Å²) < 4.78 is 31.2. The average molecular weight is 305 g/mol. The molecular formula is C17H17F2NO2. The van der Waals surface area contributed by atoms with Gasteiger partial charge in [-0.2, -0.15) is 0 Å². The van der Waals surface area contributed by atoms with Crippen LogP contribution < -0.4 is 10.1 Å². The molecule has 1 atom stereocenters. The zero-order chi connectivity index (χ0) is 16.1. The Morgan fingerprint density at radius 2 is 1.82 bits per heavy atom. The first-order valence-corrected chi connectivity index (χ1v) is 6.90. The molecule has 0 radical (unpaired) electrons. The van der Waals surface area contributed by atoms with E-state index in [-0.39, 0.29) is 11.7 Å². The van der Waals surface area contributed by atoms with Crippen LogP contribution in [0.3, 0.4) is 0 Å². The minimum absolute atomic E-state index is 0.108. The second kappa shape index (κ2) is 7.02. The van der Waals surface area contributed by atoms with E-state index in [0.29, 0.717) is 6.54 Å². The second-order valence-electron chi connectivity index (χ2n) is 5.04. The van der Waals surface area contributed by atoms with Crippen LogP contribution in [0.5, 0.6) is 5.75 Å². The number of hydrogen-bond donors (Lipinski definition) is 1. The number of carbonyl (C=O) groups excluding carboxylic acids is 1. The Kier molecular flexibility index (Phi) is 5.09. The Morgan fingerprint density at radius 3 is 2.45 bits per heavy atom. The van der Waals surface area contributed by atoms with Gasteiger partial charge < -0.3 is 10.1 Å². The maximum atomic E-state index is 13.1. The van der Waals surface area contributed by atoms with Crippen LogP contribution in [-0.2, 0) is 11.3 Å². The number of nitrogens with one attached hydrogen (secondary N) is 1. The van der Waals surface area contributed by atoms with Gasteiger partial charge in [-0.1, -0.05) is 29.8 Å². The minimum atomic E-state index is -1.01. The van der Waals surface area contributed by atoms with Crippen LogP contribution >= 0.6 is 0 Å². The number of ether oxygens (including phenoxy) is 1. The van der Waals surface area contributed by atoms with Crippen molar-refractivity contribution in [1.82, 2.24) is 5.32 Å². The summed E-state index contributed by atoms with van der Waals surface area (Å²) in [5.41, 5.74) is 2.11. The van der Waals surface area contributed by atoms with E-state index in [2.05, 4.69) is 5.32 Å². The first-order chi connectivity index (χ1) is 10.5. The summed E-state index contributed by atoms with van der Waals surface area (Å²) in [4.78, 5) is 11.9. The lowest BCUT2D eigenvalue weighted by Gasteiger charge is -2.15. The zero-order valence-corrected chi connectivity index (χ0v) is 12.4. The third kappa shape index (κ3) is 4.28. The van der Waals surface area contributed by atoms with Crippen LogP contribution in [0, 0.1) is 18.6 Å². The third-order valence-electron chi connectivity index (χ3n) is 3.16. The Morgan fingerprint density at radius 1 is 1.14 bits per heavy atom. The molecule has 1 N–H and O–H groups in total. The molecule has 2 aromatic carbocycles. The van der Waals surface area contributed by atoms with Gasteiger partial charge in [-0.25, -0.2) is 8.78 Å². The lowest BCUT2D eigenvalue weighted by Crippen LogP contribution is -2.35. The van der Waals surface area contributed by atoms with Gasteiger partial charge in [-0.15, -0.1) is 0 Å². The molecule has 0 saturated heterocycles. The summed E-state index contributed by atoms with van der Waals surface area (Å²) in [7, 11) is 0. The van der Waals surface area contributed by atoms with Crippen LogP contribution in [0.25, 0.3) is 0 Å².